The molecule has 11 nitrogen and oxygen atoms in total. The van der Waals surface area contributed by atoms with Crippen LogP contribution in [0.4, 0.5) is 5.82 Å². The van der Waals surface area contributed by atoms with Crippen molar-refractivity contribution in [1.29, 1.82) is 0 Å². The first kappa shape index (κ1) is 22.4. The first-order valence-electron chi connectivity index (χ1n) is 9.73. The quantitative estimate of drug-likeness (QED) is 0.418. The van der Waals surface area contributed by atoms with Crippen molar-refractivity contribution >= 4 is 12.3 Å². The summed E-state index contributed by atoms with van der Waals surface area (Å²) in [6.45, 7) is 0.500. The lowest BCUT2D eigenvalue weighted by molar-refractivity contribution is -0.122. The zero-order chi connectivity index (χ0) is 22.9. The molecule has 0 aliphatic carbocycles. The topological polar surface area (TPSA) is 133 Å². The summed E-state index contributed by atoms with van der Waals surface area (Å²) in [5.41, 5.74) is 2.58. The zero-order valence-corrected chi connectivity index (χ0v) is 18.0. The van der Waals surface area contributed by atoms with Gasteiger partial charge in [0.25, 0.3) is 6.47 Å². The van der Waals surface area contributed by atoms with E-state index in [1.54, 1.807) is 24.3 Å². The predicted molar refractivity (Wildman–Crippen MR) is 118 cm³/mol. The van der Waals surface area contributed by atoms with Crippen molar-refractivity contribution in [1.82, 2.24) is 34.5 Å². The molecular weight excluding hydrogens is 412 g/mol. The van der Waals surface area contributed by atoms with Gasteiger partial charge in [0.1, 0.15) is 29.5 Å². The monoisotopic (exact) mass is 436 g/mol. The molecule has 2 N–H and O–H groups in total. The molecule has 0 saturated carbocycles. The standard InChI is InChI=1S/C20H22N8O.CH2O2/c1-21-18-7-5-16(25-26-18)15-12-14(4-6-17(15)29-3)20-22-9-11-28(20)10-8-19-23-13-24-27(19)2;2-1-3/h4-7,9,11-13H,8,10H2,1-3H3,(H,21,26);1H,(H,2,3). The number of aryl methyl sites for hydroxylation is 3. The SMILES string of the molecule is CNc1ccc(-c2cc(-c3nccn3CCc3ncnn3C)ccc2OC)nn1.O=CO. The van der Waals surface area contributed by atoms with E-state index in [1.807, 2.05) is 50.6 Å². The number of carbonyl (C=O) groups is 1. The summed E-state index contributed by atoms with van der Waals surface area (Å²) in [4.78, 5) is 17.2. The van der Waals surface area contributed by atoms with Gasteiger partial charge < -0.3 is 19.7 Å². The average molecular weight is 436 g/mol. The Balaban J connectivity index is 0.000000913. The Bertz CT molecular complexity index is 1150. The fraction of sp³-hybridized carbons (Fsp3) is 0.238. The number of ether oxygens (including phenoxy) is 1. The Kier molecular flexibility index (Phi) is 7.46. The van der Waals surface area contributed by atoms with E-state index in [1.165, 1.54) is 0 Å². The maximum absolute atomic E-state index is 8.36. The highest BCUT2D eigenvalue weighted by molar-refractivity contribution is 5.74. The summed E-state index contributed by atoms with van der Waals surface area (Å²) in [5, 5.41) is 22.5. The fourth-order valence-electron chi connectivity index (χ4n) is 3.17. The highest BCUT2D eigenvalue weighted by atomic mass is 16.5. The molecule has 0 atom stereocenters. The second-order valence-electron chi connectivity index (χ2n) is 6.57. The van der Waals surface area contributed by atoms with Gasteiger partial charge in [0.05, 0.1) is 12.8 Å². The minimum absolute atomic E-state index is 0.250. The number of anilines is 1. The molecule has 4 aromatic rings. The molecule has 0 unspecified atom stereocenters. The second kappa shape index (κ2) is 10.7. The molecule has 0 spiro atoms. The summed E-state index contributed by atoms with van der Waals surface area (Å²) in [5.74, 6) is 3.25. The van der Waals surface area contributed by atoms with Crippen molar-refractivity contribution in [2.24, 2.45) is 7.05 Å². The van der Waals surface area contributed by atoms with Crippen LogP contribution < -0.4 is 10.1 Å². The van der Waals surface area contributed by atoms with E-state index in [-0.39, 0.29) is 6.47 Å². The molecular formula is C21H24N8O3. The number of hydrogen-bond donors (Lipinski definition) is 2. The average Bonchev–Trinajstić information content (AvgIpc) is 3.46. The van der Waals surface area contributed by atoms with Crippen LogP contribution in [0.15, 0.2) is 49.1 Å². The first-order chi connectivity index (χ1) is 15.6. The maximum Gasteiger partial charge on any atom is 0.290 e. The molecule has 0 radical (unpaired) electrons. The van der Waals surface area contributed by atoms with Gasteiger partial charge in [-0.15, -0.1) is 10.2 Å². The van der Waals surface area contributed by atoms with Gasteiger partial charge in [-0.05, 0) is 30.3 Å². The molecule has 3 heterocycles. The number of methoxy groups -OCH3 is 1. The van der Waals surface area contributed by atoms with Gasteiger partial charge >= 0.3 is 0 Å². The van der Waals surface area contributed by atoms with E-state index in [2.05, 4.69) is 35.1 Å². The molecule has 0 aliphatic rings. The Morgan fingerprint density at radius 1 is 1.19 bits per heavy atom. The predicted octanol–water partition coefficient (Wildman–Crippen LogP) is 2.13. The van der Waals surface area contributed by atoms with Gasteiger partial charge in [-0.25, -0.2) is 9.97 Å². The highest BCUT2D eigenvalue weighted by Gasteiger charge is 2.13. The highest BCUT2D eigenvalue weighted by Crippen LogP contribution is 2.33. The van der Waals surface area contributed by atoms with Crippen LogP contribution in [-0.4, -0.2) is 60.2 Å². The van der Waals surface area contributed by atoms with Gasteiger partial charge in [0, 0.05) is 50.6 Å². The van der Waals surface area contributed by atoms with E-state index in [9.17, 15) is 0 Å². The number of benzene rings is 1. The second-order valence-corrected chi connectivity index (χ2v) is 6.57. The van der Waals surface area contributed by atoms with Crippen molar-refractivity contribution < 1.29 is 14.6 Å². The van der Waals surface area contributed by atoms with Gasteiger partial charge in [-0.2, -0.15) is 5.10 Å². The third-order valence-corrected chi connectivity index (χ3v) is 4.75. The van der Waals surface area contributed by atoms with Crippen molar-refractivity contribution in [3.8, 4) is 28.4 Å². The van der Waals surface area contributed by atoms with E-state index >= 15 is 0 Å². The van der Waals surface area contributed by atoms with Gasteiger partial charge in [-0.3, -0.25) is 9.48 Å². The summed E-state index contributed by atoms with van der Waals surface area (Å²) in [7, 11) is 5.36. The van der Waals surface area contributed by atoms with Crippen LogP contribution in [0.5, 0.6) is 5.75 Å². The summed E-state index contributed by atoms with van der Waals surface area (Å²) < 4.78 is 9.43. The molecule has 3 aromatic heterocycles. The van der Waals surface area contributed by atoms with Crippen LogP contribution >= 0.6 is 0 Å². The third-order valence-electron chi connectivity index (χ3n) is 4.75. The number of hydrogen-bond acceptors (Lipinski definition) is 8. The Hall–Kier alpha value is -4.28. The number of nitrogens with zero attached hydrogens (tertiary/aromatic N) is 7. The lowest BCUT2D eigenvalue weighted by Crippen LogP contribution is -2.07. The van der Waals surface area contributed by atoms with Crippen molar-refractivity contribution in [2.45, 2.75) is 13.0 Å². The van der Waals surface area contributed by atoms with Crippen LogP contribution in [0.3, 0.4) is 0 Å². The number of imidazole rings is 1. The minimum atomic E-state index is -0.250. The molecule has 0 fully saturated rings. The fourth-order valence-corrected chi connectivity index (χ4v) is 3.17. The largest absolute Gasteiger partial charge is 0.496 e. The van der Waals surface area contributed by atoms with Gasteiger partial charge in [-0.1, -0.05) is 0 Å². The molecule has 32 heavy (non-hydrogen) atoms. The summed E-state index contributed by atoms with van der Waals surface area (Å²) in [6.07, 6.45) is 6.11. The Morgan fingerprint density at radius 2 is 2.00 bits per heavy atom. The maximum atomic E-state index is 8.36. The number of aromatic nitrogens is 7. The van der Waals surface area contributed by atoms with Crippen molar-refractivity contribution in [3.63, 3.8) is 0 Å². The number of rotatable bonds is 7. The smallest absolute Gasteiger partial charge is 0.290 e. The van der Waals surface area contributed by atoms with Crippen molar-refractivity contribution in [2.75, 3.05) is 19.5 Å². The number of carboxylic acid groups (broad SMARTS) is 1. The molecule has 0 saturated heterocycles. The summed E-state index contributed by atoms with van der Waals surface area (Å²) in [6, 6.07) is 9.76. The van der Waals surface area contributed by atoms with Crippen LogP contribution in [0.2, 0.25) is 0 Å². The molecule has 0 aliphatic heterocycles. The third kappa shape index (κ3) is 5.06. The van der Waals surface area contributed by atoms with Crippen LogP contribution in [0.25, 0.3) is 22.6 Å². The minimum Gasteiger partial charge on any atom is -0.496 e. The van der Waals surface area contributed by atoms with E-state index in [0.717, 1.165) is 47.2 Å². The lowest BCUT2D eigenvalue weighted by Gasteiger charge is -2.12. The van der Waals surface area contributed by atoms with Gasteiger partial charge in [0.2, 0.25) is 0 Å². The van der Waals surface area contributed by atoms with E-state index in [0.29, 0.717) is 5.82 Å². The molecule has 11 heteroatoms. The van der Waals surface area contributed by atoms with Crippen molar-refractivity contribution in [3.05, 3.63) is 54.9 Å². The lowest BCUT2D eigenvalue weighted by atomic mass is 10.1. The van der Waals surface area contributed by atoms with Crippen LogP contribution in [0.1, 0.15) is 5.82 Å². The van der Waals surface area contributed by atoms with Crippen LogP contribution in [-0.2, 0) is 24.8 Å². The van der Waals surface area contributed by atoms with Gasteiger partial charge in [0.15, 0.2) is 0 Å². The zero-order valence-electron chi connectivity index (χ0n) is 18.0. The Morgan fingerprint density at radius 3 is 2.62 bits per heavy atom. The molecule has 0 bridgehead atoms. The Labute approximate surface area is 184 Å². The normalized spacial score (nSPS) is 10.2. The number of nitrogens with one attached hydrogen (secondary N) is 1. The van der Waals surface area contributed by atoms with E-state index < -0.39 is 0 Å². The van der Waals surface area contributed by atoms with Crippen LogP contribution in [0, 0.1) is 0 Å². The molecule has 1 aromatic carbocycles. The molecule has 0 amide bonds. The molecule has 166 valence electrons. The first-order valence-corrected chi connectivity index (χ1v) is 9.73. The summed E-state index contributed by atoms with van der Waals surface area (Å²) >= 11 is 0. The molecule has 4 rings (SSSR count). The van der Waals surface area contributed by atoms with E-state index in [4.69, 9.17) is 14.6 Å².